The number of ether oxygens (including phenoxy) is 1. The zero-order valence-electron chi connectivity index (χ0n) is 14.3. The van der Waals surface area contributed by atoms with Crippen LogP contribution in [-0.2, 0) is 4.79 Å². The van der Waals surface area contributed by atoms with Crippen LogP contribution in [0.4, 0.5) is 0 Å². The summed E-state index contributed by atoms with van der Waals surface area (Å²) in [7, 11) is 1.68. The van der Waals surface area contributed by atoms with E-state index < -0.39 is 0 Å². The molecule has 23 heavy (non-hydrogen) atoms. The Morgan fingerprint density at radius 1 is 1.09 bits per heavy atom. The highest BCUT2D eigenvalue weighted by Crippen LogP contribution is 2.35. The third-order valence-corrected chi connectivity index (χ3v) is 4.24. The molecule has 0 aliphatic heterocycles. The van der Waals surface area contributed by atoms with E-state index in [0.717, 1.165) is 24.2 Å². The van der Waals surface area contributed by atoms with Gasteiger partial charge in [-0.3, -0.25) is 4.79 Å². The number of carbonyl (C=O) groups excluding carboxylic acids is 1. The van der Waals surface area contributed by atoms with Gasteiger partial charge in [0.25, 0.3) is 0 Å². The molecule has 0 amide bonds. The largest absolute Gasteiger partial charge is 0.496 e. The lowest BCUT2D eigenvalue weighted by atomic mass is 9.85. The van der Waals surface area contributed by atoms with Crippen LogP contribution in [0.3, 0.4) is 0 Å². The average Bonchev–Trinajstić information content (AvgIpc) is 2.58. The van der Waals surface area contributed by atoms with Gasteiger partial charge in [0.05, 0.1) is 7.11 Å². The number of carbonyl (C=O) groups is 1. The number of Topliss-reactive ketones (excluding diaryl/α,β-unsaturated/α-hetero) is 1. The van der Waals surface area contributed by atoms with Gasteiger partial charge in [0, 0.05) is 24.3 Å². The zero-order chi connectivity index (χ0) is 16.7. The van der Waals surface area contributed by atoms with Crippen LogP contribution in [0.2, 0.25) is 0 Å². The van der Waals surface area contributed by atoms with Crippen molar-refractivity contribution >= 4 is 5.78 Å². The molecule has 0 heterocycles. The molecule has 2 rings (SSSR count). The van der Waals surface area contributed by atoms with Crippen LogP contribution in [0, 0.1) is 6.92 Å². The van der Waals surface area contributed by atoms with Gasteiger partial charge in [0.1, 0.15) is 11.5 Å². The summed E-state index contributed by atoms with van der Waals surface area (Å²) in [4.78, 5) is 12.4. The van der Waals surface area contributed by atoms with E-state index in [2.05, 4.69) is 44.2 Å². The van der Waals surface area contributed by atoms with E-state index in [1.807, 2.05) is 18.2 Å². The number of hydrogen-bond donors (Lipinski definition) is 0. The van der Waals surface area contributed by atoms with Crippen LogP contribution in [0.25, 0.3) is 0 Å². The number of para-hydroxylation sites is 1. The highest BCUT2D eigenvalue weighted by atomic mass is 16.5. The summed E-state index contributed by atoms with van der Waals surface area (Å²) < 4.78 is 5.52. The minimum atomic E-state index is 0.0520. The minimum absolute atomic E-state index is 0.0520. The first-order valence-electron chi connectivity index (χ1n) is 8.37. The van der Waals surface area contributed by atoms with E-state index in [9.17, 15) is 4.79 Å². The highest BCUT2D eigenvalue weighted by molar-refractivity contribution is 5.80. The third-order valence-electron chi connectivity index (χ3n) is 4.24. The summed E-state index contributed by atoms with van der Waals surface area (Å²) >= 11 is 0. The van der Waals surface area contributed by atoms with E-state index in [0.29, 0.717) is 18.6 Å². The zero-order valence-corrected chi connectivity index (χ0v) is 14.3. The lowest BCUT2D eigenvalue weighted by Crippen LogP contribution is -2.10. The molecule has 0 unspecified atom stereocenters. The van der Waals surface area contributed by atoms with Gasteiger partial charge in [-0.15, -0.1) is 0 Å². The number of ketones is 1. The molecule has 2 nitrogen and oxygen atoms in total. The Labute approximate surface area is 139 Å². The summed E-state index contributed by atoms with van der Waals surface area (Å²) in [5.74, 6) is 1.22. The molecule has 0 saturated carbocycles. The molecule has 0 bridgehead atoms. The van der Waals surface area contributed by atoms with Crippen molar-refractivity contribution in [1.29, 1.82) is 0 Å². The molecule has 0 aliphatic carbocycles. The number of rotatable bonds is 8. The number of aryl methyl sites for hydroxylation is 1. The van der Waals surface area contributed by atoms with Gasteiger partial charge in [0.2, 0.25) is 0 Å². The van der Waals surface area contributed by atoms with Gasteiger partial charge in [-0.2, -0.15) is 0 Å². The van der Waals surface area contributed by atoms with Gasteiger partial charge in [-0.1, -0.05) is 61.4 Å². The summed E-state index contributed by atoms with van der Waals surface area (Å²) in [5, 5.41) is 0. The molecule has 2 heteroatoms. The molecule has 1 atom stereocenters. The Kier molecular flexibility index (Phi) is 6.40. The molecule has 0 spiro atoms. The highest BCUT2D eigenvalue weighted by Gasteiger charge is 2.21. The van der Waals surface area contributed by atoms with Crippen molar-refractivity contribution in [3.8, 4) is 5.75 Å². The van der Waals surface area contributed by atoms with E-state index in [1.165, 1.54) is 11.1 Å². The van der Waals surface area contributed by atoms with Crippen LogP contribution in [0.5, 0.6) is 5.75 Å². The number of benzene rings is 2. The predicted molar refractivity (Wildman–Crippen MR) is 95.2 cm³/mol. The van der Waals surface area contributed by atoms with Crippen LogP contribution in [-0.4, -0.2) is 12.9 Å². The average molecular weight is 310 g/mol. The Balaban J connectivity index is 2.34. The molecule has 0 N–H and O–H groups in total. The maximum absolute atomic E-state index is 12.4. The van der Waals surface area contributed by atoms with Crippen molar-refractivity contribution in [2.24, 2.45) is 0 Å². The van der Waals surface area contributed by atoms with Crippen LogP contribution in [0.1, 0.15) is 55.2 Å². The molecule has 122 valence electrons. The van der Waals surface area contributed by atoms with E-state index in [4.69, 9.17) is 4.74 Å². The molecular weight excluding hydrogens is 284 g/mol. The first-order chi connectivity index (χ1) is 11.2. The molecule has 0 aromatic heterocycles. The first-order valence-corrected chi connectivity index (χ1v) is 8.37. The topological polar surface area (TPSA) is 26.3 Å². The first kappa shape index (κ1) is 17.3. The summed E-state index contributed by atoms with van der Waals surface area (Å²) in [5.41, 5.74) is 3.48. The smallest absolute Gasteiger partial charge is 0.133 e. The van der Waals surface area contributed by atoms with Crippen LogP contribution >= 0.6 is 0 Å². The van der Waals surface area contributed by atoms with E-state index in [1.54, 1.807) is 7.11 Å². The van der Waals surface area contributed by atoms with E-state index >= 15 is 0 Å². The number of methoxy groups -OCH3 is 1. The number of hydrogen-bond acceptors (Lipinski definition) is 2. The monoisotopic (exact) mass is 310 g/mol. The molecular formula is C21H26O2. The summed E-state index contributed by atoms with van der Waals surface area (Å²) in [6.07, 6.45) is 3.21. The summed E-state index contributed by atoms with van der Waals surface area (Å²) in [6.45, 7) is 4.19. The van der Waals surface area contributed by atoms with Gasteiger partial charge >= 0.3 is 0 Å². The van der Waals surface area contributed by atoms with Crippen LogP contribution < -0.4 is 4.74 Å². The fourth-order valence-corrected chi connectivity index (χ4v) is 2.86. The van der Waals surface area contributed by atoms with Crippen molar-refractivity contribution in [2.75, 3.05) is 7.11 Å². The summed E-state index contributed by atoms with van der Waals surface area (Å²) in [6, 6.07) is 16.5. The number of unbranched alkanes of at least 4 members (excludes halogenated alkanes) is 1. The lowest BCUT2D eigenvalue weighted by molar-refractivity contribution is -0.119. The van der Waals surface area contributed by atoms with Gasteiger partial charge in [0.15, 0.2) is 0 Å². The Bertz CT molecular complexity index is 629. The molecule has 0 radical (unpaired) electrons. The van der Waals surface area contributed by atoms with Crippen molar-refractivity contribution in [1.82, 2.24) is 0 Å². The normalized spacial score (nSPS) is 12.0. The van der Waals surface area contributed by atoms with Crippen molar-refractivity contribution in [2.45, 2.75) is 45.4 Å². The fraction of sp³-hybridized carbons (Fsp3) is 0.381. The van der Waals surface area contributed by atoms with Gasteiger partial charge in [-0.25, -0.2) is 0 Å². The van der Waals surface area contributed by atoms with Gasteiger partial charge < -0.3 is 4.74 Å². The second-order valence-corrected chi connectivity index (χ2v) is 6.05. The molecule has 2 aromatic carbocycles. The fourth-order valence-electron chi connectivity index (χ4n) is 2.86. The Morgan fingerprint density at radius 3 is 2.43 bits per heavy atom. The molecule has 0 aliphatic rings. The maximum Gasteiger partial charge on any atom is 0.133 e. The van der Waals surface area contributed by atoms with Crippen molar-refractivity contribution in [3.63, 3.8) is 0 Å². The minimum Gasteiger partial charge on any atom is -0.496 e. The van der Waals surface area contributed by atoms with E-state index in [-0.39, 0.29) is 5.92 Å². The molecule has 0 fully saturated rings. The lowest BCUT2D eigenvalue weighted by Gasteiger charge is -2.20. The molecule has 0 saturated heterocycles. The molecule has 2 aromatic rings. The quantitative estimate of drug-likeness (QED) is 0.662. The van der Waals surface area contributed by atoms with Gasteiger partial charge in [-0.05, 0) is 25.0 Å². The van der Waals surface area contributed by atoms with Crippen molar-refractivity contribution in [3.05, 3.63) is 65.2 Å². The standard InChI is InChI=1S/C21H26O2/c1-4-5-8-18(22)15-20(17-13-11-16(2)12-14-17)19-9-6-7-10-21(19)23-3/h6-7,9-14,20H,4-5,8,15H2,1-3H3/t20-/m0/s1. The SMILES string of the molecule is CCCCC(=O)C[C@@H](c1ccc(C)cc1)c1ccccc1OC. The second-order valence-electron chi connectivity index (χ2n) is 6.05. The maximum atomic E-state index is 12.4. The Hall–Kier alpha value is -2.09. The predicted octanol–water partition coefficient (Wildman–Crippen LogP) is 5.28. The second kappa shape index (κ2) is 8.52. The van der Waals surface area contributed by atoms with Crippen LogP contribution in [0.15, 0.2) is 48.5 Å². The van der Waals surface area contributed by atoms with Crippen molar-refractivity contribution < 1.29 is 9.53 Å². The third kappa shape index (κ3) is 4.69. The Morgan fingerprint density at radius 2 is 1.78 bits per heavy atom.